The van der Waals surface area contributed by atoms with Crippen molar-refractivity contribution >= 4 is 28.8 Å². The minimum Gasteiger partial charge on any atom is -0.466 e. The molecule has 0 radical (unpaired) electrons. The molecule has 4 aliphatic heterocycles. The number of esters is 1. The molecule has 1 amide bonds. The minimum atomic E-state index is -0.371. The van der Waals surface area contributed by atoms with Gasteiger partial charge in [-0.15, -0.1) is 0 Å². The van der Waals surface area contributed by atoms with E-state index in [2.05, 4.69) is 41.8 Å². The number of likely N-dealkylation sites (tertiary alicyclic amines) is 2. The van der Waals surface area contributed by atoms with E-state index in [1.54, 1.807) is 11.8 Å². The summed E-state index contributed by atoms with van der Waals surface area (Å²) in [7, 11) is 1.42. The third-order valence-corrected chi connectivity index (χ3v) is 9.29. The van der Waals surface area contributed by atoms with Gasteiger partial charge in [0.05, 0.1) is 30.8 Å². The number of carbonyl (C=O) groups is 2. The van der Waals surface area contributed by atoms with E-state index in [0.717, 1.165) is 53.6 Å². The average Bonchev–Trinajstić information content (AvgIpc) is 3.34. The molecule has 7 nitrogen and oxygen atoms in total. The van der Waals surface area contributed by atoms with Crippen LogP contribution in [0.2, 0.25) is 0 Å². The fourth-order valence-corrected chi connectivity index (χ4v) is 7.31. The van der Waals surface area contributed by atoms with Crippen molar-refractivity contribution in [1.29, 1.82) is 0 Å². The number of hydrogen-bond donors (Lipinski definition) is 0. The molecule has 4 heterocycles. The summed E-state index contributed by atoms with van der Waals surface area (Å²) in [5.74, 6) is -0.212. The van der Waals surface area contributed by atoms with Crippen molar-refractivity contribution in [3.63, 3.8) is 0 Å². The first-order chi connectivity index (χ1) is 18.4. The van der Waals surface area contributed by atoms with E-state index in [0.29, 0.717) is 24.5 Å². The van der Waals surface area contributed by atoms with Gasteiger partial charge in [0.2, 0.25) is 5.91 Å². The van der Waals surface area contributed by atoms with Crippen molar-refractivity contribution in [3.05, 3.63) is 57.3 Å². The molecule has 1 unspecified atom stereocenters. The lowest BCUT2D eigenvalue weighted by atomic mass is 9.89. The third kappa shape index (κ3) is 5.30. The number of fused-ring (bicyclic) bond motifs is 1. The van der Waals surface area contributed by atoms with Crippen LogP contribution in [0.3, 0.4) is 0 Å². The Hall–Kier alpha value is -2.58. The highest BCUT2D eigenvalue weighted by molar-refractivity contribution is 8.16. The molecule has 0 N–H and O–H groups in total. The SMILES string of the molecule is CCC1=C(C(=O)OC)C(c2ccc(C)cc2C)N2C(CC(=O)N3CCC(N4CCCCC4)CC3)=CSC2=N1. The van der Waals surface area contributed by atoms with Gasteiger partial charge in [-0.25, -0.2) is 9.79 Å². The van der Waals surface area contributed by atoms with Crippen LogP contribution in [-0.4, -0.2) is 71.1 Å². The second-order valence-corrected chi connectivity index (χ2v) is 11.7. The number of allylic oxidation sites excluding steroid dienone is 1. The number of aliphatic imine (C=N–C) groups is 1. The van der Waals surface area contributed by atoms with Crippen LogP contribution in [0.1, 0.15) is 74.6 Å². The lowest BCUT2D eigenvalue weighted by Gasteiger charge is -2.41. The summed E-state index contributed by atoms with van der Waals surface area (Å²) in [4.78, 5) is 38.3. The van der Waals surface area contributed by atoms with Crippen molar-refractivity contribution in [1.82, 2.24) is 14.7 Å². The molecule has 1 atom stereocenters. The Morgan fingerprint density at radius 1 is 1.08 bits per heavy atom. The lowest BCUT2D eigenvalue weighted by molar-refractivity contribution is -0.136. The molecule has 0 aliphatic carbocycles. The fraction of sp³-hybridized carbons (Fsp3) is 0.567. The highest BCUT2D eigenvalue weighted by Gasteiger charge is 2.42. The van der Waals surface area contributed by atoms with Crippen LogP contribution in [0.5, 0.6) is 0 Å². The second kappa shape index (κ2) is 11.7. The Morgan fingerprint density at radius 2 is 1.82 bits per heavy atom. The zero-order valence-corrected chi connectivity index (χ0v) is 24.0. The van der Waals surface area contributed by atoms with Crippen molar-refractivity contribution in [2.45, 2.75) is 77.8 Å². The summed E-state index contributed by atoms with van der Waals surface area (Å²) >= 11 is 1.54. The number of ether oxygens (including phenoxy) is 1. The molecule has 4 aliphatic rings. The van der Waals surface area contributed by atoms with Crippen LogP contribution in [0, 0.1) is 13.8 Å². The van der Waals surface area contributed by atoms with Crippen LogP contribution < -0.4 is 0 Å². The van der Waals surface area contributed by atoms with Gasteiger partial charge in [-0.05, 0) is 75.6 Å². The van der Waals surface area contributed by atoms with E-state index in [1.165, 1.54) is 45.0 Å². The Labute approximate surface area is 231 Å². The fourth-order valence-electron chi connectivity index (χ4n) is 6.37. The summed E-state index contributed by atoms with van der Waals surface area (Å²) < 4.78 is 5.26. The third-order valence-electron chi connectivity index (χ3n) is 8.41. The number of rotatable bonds is 6. The molecule has 38 heavy (non-hydrogen) atoms. The molecule has 0 aromatic heterocycles. The standard InChI is InChI=1S/C30H40N4O3S/c1-5-25-27(29(36)37-4)28(24-10-9-20(2)17-21(24)3)34-23(19-38-30(34)31-25)18-26(35)33-15-11-22(12-16-33)32-13-7-6-8-14-32/h9-10,17,19,22,28H,5-8,11-16,18H2,1-4H3. The average molecular weight is 537 g/mol. The van der Waals surface area contributed by atoms with Crippen LogP contribution >= 0.6 is 11.8 Å². The highest BCUT2D eigenvalue weighted by atomic mass is 32.2. The predicted octanol–water partition coefficient (Wildman–Crippen LogP) is 5.31. The Bertz CT molecular complexity index is 1180. The summed E-state index contributed by atoms with van der Waals surface area (Å²) in [5, 5.41) is 2.87. The maximum atomic E-state index is 13.6. The number of piperidine rings is 2. The smallest absolute Gasteiger partial charge is 0.338 e. The quantitative estimate of drug-likeness (QED) is 0.459. The van der Waals surface area contributed by atoms with Gasteiger partial charge in [0, 0.05) is 24.8 Å². The molecule has 1 aromatic carbocycles. The molecule has 2 saturated heterocycles. The monoisotopic (exact) mass is 536 g/mol. The number of amidine groups is 1. The summed E-state index contributed by atoms with van der Waals surface area (Å²) in [6.07, 6.45) is 6.98. The number of benzene rings is 1. The topological polar surface area (TPSA) is 65.5 Å². The first-order valence-corrected chi connectivity index (χ1v) is 14.9. The van der Waals surface area contributed by atoms with E-state index in [4.69, 9.17) is 9.73 Å². The Kier molecular flexibility index (Phi) is 8.29. The van der Waals surface area contributed by atoms with Crippen LogP contribution in [-0.2, 0) is 14.3 Å². The Balaban J connectivity index is 1.37. The van der Waals surface area contributed by atoms with E-state index in [-0.39, 0.29) is 17.9 Å². The molecular formula is C30H40N4O3S. The van der Waals surface area contributed by atoms with E-state index in [1.807, 2.05) is 17.2 Å². The van der Waals surface area contributed by atoms with Gasteiger partial charge in [0.25, 0.3) is 0 Å². The largest absolute Gasteiger partial charge is 0.466 e. The second-order valence-electron chi connectivity index (χ2n) is 10.8. The summed E-state index contributed by atoms with van der Waals surface area (Å²) in [6.45, 7) is 10.2. The van der Waals surface area contributed by atoms with Gasteiger partial charge in [-0.2, -0.15) is 0 Å². The molecular weight excluding hydrogens is 496 g/mol. The molecule has 8 heteroatoms. The molecule has 0 spiro atoms. The van der Waals surface area contributed by atoms with Crippen molar-refractivity contribution < 1.29 is 14.3 Å². The van der Waals surface area contributed by atoms with Crippen LogP contribution in [0.25, 0.3) is 0 Å². The maximum absolute atomic E-state index is 13.6. The van der Waals surface area contributed by atoms with Crippen LogP contribution in [0.4, 0.5) is 0 Å². The molecule has 204 valence electrons. The highest BCUT2D eigenvalue weighted by Crippen LogP contribution is 2.46. The van der Waals surface area contributed by atoms with Crippen molar-refractivity contribution in [3.8, 4) is 0 Å². The van der Waals surface area contributed by atoms with Crippen molar-refractivity contribution in [2.24, 2.45) is 4.99 Å². The lowest BCUT2D eigenvalue weighted by Crippen LogP contribution is -2.48. The van der Waals surface area contributed by atoms with Gasteiger partial charge >= 0.3 is 5.97 Å². The molecule has 0 bridgehead atoms. The van der Waals surface area contributed by atoms with Gasteiger partial charge in [0.15, 0.2) is 5.17 Å². The van der Waals surface area contributed by atoms with E-state index < -0.39 is 0 Å². The number of aryl methyl sites for hydroxylation is 2. The summed E-state index contributed by atoms with van der Waals surface area (Å²) in [5.41, 5.74) is 5.53. The minimum absolute atomic E-state index is 0.152. The first kappa shape index (κ1) is 27.0. The first-order valence-electron chi connectivity index (χ1n) is 14.0. The Morgan fingerprint density at radius 3 is 2.47 bits per heavy atom. The van der Waals surface area contributed by atoms with Gasteiger partial charge in [-0.1, -0.05) is 48.9 Å². The molecule has 2 fully saturated rings. The number of carbonyl (C=O) groups excluding carboxylic acids is 2. The van der Waals surface area contributed by atoms with Gasteiger partial charge in [-0.3, -0.25) is 4.79 Å². The van der Waals surface area contributed by atoms with Gasteiger partial charge < -0.3 is 19.4 Å². The molecule has 5 rings (SSSR count). The normalized spacial score (nSPS) is 22.8. The molecule has 0 saturated carbocycles. The van der Waals surface area contributed by atoms with E-state index >= 15 is 0 Å². The zero-order chi connectivity index (χ0) is 26.8. The number of thioether (sulfide) groups is 1. The number of nitrogens with zero attached hydrogens (tertiary/aromatic N) is 4. The zero-order valence-electron chi connectivity index (χ0n) is 23.2. The maximum Gasteiger partial charge on any atom is 0.338 e. The van der Waals surface area contributed by atoms with Gasteiger partial charge in [0.1, 0.15) is 0 Å². The van der Waals surface area contributed by atoms with Crippen LogP contribution in [0.15, 0.2) is 45.6 Å². The number of methoxy groups -OCH3 is 1. The predicted molar refractivity (Wildman–Crippen MR) is 153 cm³/mol. The number of amides is 1. The number of hydrogen-bond acceptors (Lipinski definition) is 7. The molecule has 1 aromatic rings. The van der Waals surface area contributed by atoms with Crippen molar-refractivity contribution in [2.75, 3.05) is 33.3 Å². The van der Waals surface area contributed by atoms with E-state index in [9.17, 15) is 9.59 Å². The summed E-state index contributed by atoms with van der Waals surface area (Å²) in [6, 6.07) is 6.56.